The molecule has 2 N–H and O–H groups in total. The van der Waals surface area contributed by atoms with Gasteiger partial charge in [0.2, 0.25) is 0 Å². The van der Waals surface area contributed by atoms with Gasteiger partial charge in [0.05, 0.1) is 0 Å². The Morgan fingerprint density at radius 2 is 2.21 bits per heavy atom. The number of Topliss-reactive ketones (excluding diaryl/α,β-unsaturated/α-hetero) is 1. The Kier molecular flexibility index (Phi) is 5.57. The third-order valence-electron chi connectivity index (χ3n) is 3.28. The molecule has 1 aliphatic rings. The Labute approximate surface area is 119 Å². The van der Waals surface area contributed by atoms with Crippen molar-refractivity contribution in [2.45, 2.75) is 25.8 Å². The first kappa shape index (κ1) is 15.7. The van der Waals surface area contributed by atoms with Gasteiger partial charge in [-0.3, -0.25) is 9.59 Å². The molecular weight excluding hydrogens is 266 g/mol. The van der Waals surface area contributed by atoms with E-state index in [2.05, 4.69) is 10.6 Å². The number of hydrogen-bond acceptors (Lipinski definition) is 3. The van der Waals surface area contributed by atoms with E-state index in [1.54, 1.807) is 23.9 Å². The lowest BCUT2D eigenvalue weighted by molar-refractivity contribution is 0.0922. The van der Waals surface area contributed by atoms with Crippen LogP contribution >= 0.6 is 12.4 Å². The minimum absolute atomic E-state index is 0. The average molecular weight is 286 g/mol. The molecule has 0 aliphatic carbocycles. The second kappa shape index (κ2) is 6.73. The molecule has 0 saturated carbocycles. The van der Waals surface area contributed by atoms with Crippen LogP contribution in [0.15, 0.2) is 12.3 Å². The van der Waals surface area contributed by atoms with Crippen LogP contribution < -0.4 is 10.6 Å². The number of aromatic nitrogens is 1. The fourth-order valence-corrected chi connectivity index (χ4v) is 2.22. The minimum Gasteiger partial charge on any atom is -0.347 e. The highest BCUT2D eigenvalue weighted by Crippen LogP contribution is 2.09. The van der Waals surface area contributed by atoms with Gasteiger partial charge >= 0.3 is 0 Å². The number of nitrogens with zero attached hydrogens (tertiary/aromatic N) is 1. The molecule has 2 rings (SSSR count). The third-order valence-corrected chi connectivity index (χ3v) is 3.28. The summed E-state index contributed by atoms with van der Waals surface area (Å²) in [6.45, 7) is 3.34. The molecular formula is C13H20ClN3O2. The number of piperidine rings is 1. The number of aryl methyl sites for hydroxylation is 1. The molecule has 6 heteroatoms. The number of ketones is 1. The first-order chi connectivity index (χ1) is 8.58. The van der Waals surface area contributed by atoms with Crippen LogP contribution in [0, 0.1) is 0 Å². The first-order valence-corrected chi connectivity index (χ1v) is 6.27. The summed E-state index contributed by atoms with van der Waals surface area (Å²) in [4.78, 5) is 23.4. The van der Waals surface area contributed by atoms with Crippen LogP contribution in [0.4, 0.5) is 0 Å². The zero-order valence-electron chi connectivity index (χ0n) is 11.2. The molecule has 0 bridgehead atoms. The predicted octanol–water partition coefficient (Wildman–Crippen LogP) is 1.13. The topological polar surface area (TPSA) is 63.1 Å². The van der Waals surface area contributed by atoms with Gasteiger partial charge in [-0.15, -0.1) is 12.4 Å². The molecule has 1 amide bonds. The zero-order chi connectivity index (χ0) is 13.1. The van der Waals surface area contributed by atoms with Crippen molar-refractivity contribution in [3.05, 3.63) is 23.5 Å². The molecule has 1 aromatic heterocycles. The van der Waals surface area contributed by atoms with Gasteiger partial charge in [0.1, 0.15) is 5.69 Å². The highest BCUT2D eigenvalue weighted by Gasteiger charge is 2.19. The highest BCUT2D eigenvalue weighted by atomic mass is 35.5. The summed E-state index contributed by atoms with van der Waals surface area (Å²) in [5, 5.41) is 6.25. The molecule has 1 atom stereocenters. The van der Waals surface area contributed by atoms with Crippen LogP contribution in [0.3, 0.4) is 0 Å². The summed E-state index contributed by atoms with van der Waals surface area (Å²) in [6.07, 6.45) is 3.77. The Morgan fingerprint density at radius 1 is 1.47 bits per heavy atom. The van der Waals surface area contributed by atoms with E-state index < -0.39 is 0 Å². The number of rotatable bonds is 3. The number of carbonyl (C=O) groups excluding carboxylic acids is 2. The van der Waals surface area contributed by atoms with Crippen LogP contribution in [-0.4, -0.2) is 35.4 Å². The van der Waals surface area contributed by atoms with Gasteiger partial charge in [0.25, 0.3) is 5.91 Å². The maximum Gasteiger partial charge on any atom is 0.268 e. The van der Waals surface area contributed by atoms with Crippen molar-refractivity contribution in [1.82, 2.24) is 15.2 Å². The van der Waals surface area contributed by atoms with Crippen molar-refractivity contribution in [2.24, 2.45) is 7.05 Å². The third kappa shape index (κ3) is 3.81. The molecule has 0 spiro atoms. The van der Waals surface area contributed by atoms with Crippen LogP contribution in [0.2, 0.25) is 0 Å². The van der Waals surface area contributed by atoms with Crippen molar-refractivity contribution >= 4 is 24.1 Å². The number of halogens is 1. The fraction of sp³-hybridized carbons (Fsp3) is 0.538. The lowest BCUT2D eigenvalue weighted by atomic mass is 10.1. The number of hydrogen-bond donors (Lipinski definition) is 2. The molecule has 1 unspecified atom stereocenters. The van der Waals surface area contributed by atoms with Crippen LogP contribution in [-0.2, 0) is 7.05 Å². The van der Waals surface area contributed by atoms with Crippen LogP contribution in [0.5, 0.6) is 0 Å². The van der Waals surface area contributed by atoms with Crippen molar-refractivity contribution in [3.63, 3.8) is 0 Å². The minimum atomic E-state index is -0.112. The summed E-state index contributed by atoms with van der Waals surface area (Å²) in [6, 6.07) is 1.83. The smallest absolute Gasteiger partial charge is 0.268 e. The zero-order valence-corrected chi connectivity index (χ0v) is 12.0. The number of carbonyl (C=O) groups is 2. The van der Waals surface area contributed by atoms with Gasteiger partial charge in [0.15, 0.2) is 5.78 Å². The molecule has 1 saturated heterocycles. The van der Waals surface area contributed by atoms with Gasteiger partial charge in [0, 0.05) is 31.4 Å². The van der Waals surface area contributed by atoms with E-state index in [1.807, 2.05) is 0 Å². The lowest BCUT2D eigenvalue weighted by Gasteiger charge is -2.23. The quantitative estimate of drug-likeness (QED) is 0.819. The standard InChI is InChI=1S/C13H19N3O2.ClH/c1-9(17)10-6-12(16(2)8-10)13(18)15-11-4-3-5-14-7-11;/h6,8,11,14H,3-5,7H2,1-2H3,(H,15,18);1H. The number of nitrogens with one attached hydrogen (secondary N) is 2. The van der Waals surface area contributed by atoms with E-state index in [-0.39, 0.29) is 30.1 Å². The maximum absolute atomic E-state index is 12.1. The second-order valence-corrected chi connectivity index (χ2v) is 4.80. The Hall–Kier alpha value is -1.33. The lowest BCUT2D eigenvalue weighted by Crippen LogP contribution is -2.45. The van der Waals surface area contributed by atoms with Gasteiger partial charge in [-0.05, 0) is 32.4 Å². The van der Waals surface area contributed by atoms with Gasteiger partial charge in [-0.25, -0.2) is 0 Å². The van der Waals surface area contributed by atoms with E-state index in [0.29, 0.717) is 11.3 Å². The molecule has 1 fully saturated rings. The largest absolute Gasteiger partial charge is 0.347 e. The molecule has 1 aromatic rings. The van der Waals surface area contributed by atoms with E-state index in [0.717, 1.165) is 25.9 Å². The molecule has 0 radical (unpaired) electrons. The Morgan fingerprint density at radius 3 is 2.74 bits per heavy atom. The van der Waals surface area contributed by atoms with Crippen LogP contribution in [0.25, 0.3) is 0 Å². The van der Waals surface area contributed by atoms with Crippen molar-refractivity contribution in [1.29, 1.82) is 0 Å². The highest BCUT2D eigenvalue weighted by molar-refractivity contribution is 5.99. The number of amides is 1. The first-order valence-electron chi connectivity index (χ1n) is 6.27. The summed E-state index contributed by atoms with van der Waals surface area (Å²) in [7, 11) is 1.78. The summed E-state index contributed by atoms with van der Waals surface area (Å²) in [5.74, 6) is -0.136. The summed E-state index contributed by atoms with van der Waals surface area (Å²) in [5.41, 5.74) is 1.11. The predicted molar refractivity (Wildman–Crippen MR) is 76.0 cm³/mol. The maximum atomic E-state index is 12.1. The SMILES string of the molecule is CC(=O)c1cc(C(=O)NC2CCCNC2)n(C)c1.Cl. The molecule has 1 aliphatic heterocycles. The van der Waals surface area contributed by atoms with E-state index in [4.69, 9.17) is 0 Å². The van der Waals surface area contributed by atoms with Crippen LogP contribution in [0.1, 0.15) is 40.6 Å². The average Bonchev–Trinajstić information content (AvgIpc) is 2.73. The monoisotopic (exact) mass is 285 g/mol. The van der Waals surface area contributed by atoms with Gasteiger partial charge in [-0.2, -0.15) is 0 Å². The second-order valence-electron chi connectivity index (χ2n) is 4.80. The molecule has 5 nitrogen and oxygen atoms in total. The van der Waals surface area contributed by atoms with E-state index >= 15 is 0 Å². The molecule has 19 heavy (non-hydrogen) atoms. The molecule has 0 aromatic carbocycles. The van der Waals surface area contributed by atoms with Crippen molar-refractivity contribution in [2.75, 3.05) is 13.1 Å². The Bertz CT molecular complexity index is 464. The van der Waals surface area contributed by atoms with E-state index in [1.165, 1.54) is 6.92 Å². The summed E-state index contributed by atoms with van der Waals surface area (Å²) < 4.78 is 1.70. The molecule has 106 valence electrons. The normalized spacial score (nSPS) is 18.5. The van der Waals surface area contributed by atoms with Gasteiger partial charge < -0.3 is 15.2 Å². The summed E-state index contributed by atoms with van der Waals surface area (Å²) >= 11 is 0. The Balaban J connectivity index is 0.00000180. The van der Waals surface area contributed by atoms with Crippen molar-refractivity contribution in [3.8, 4) is 0 Å². The fourth-order valence-electron chi connectivity index (χ4n) is 2.22. The molecule has 2 heterocycles. The van der Waals surface area contributed by atoms with E-state index in [9.17, 15) is 9.59 Å². The van der Waals surface area contributed by atoms with Crippen molar-refractivity contribution < 1.29 is 9.59 Å². The van der Waals surface area contributed by atoms with Gasteiger partial charge in [-0.1, -0.05) is 0 Å².